The van der Waals surface area contributed by atoms with Crippen LogP contribution in [0.1, 0.15) is 16.7 Å². The first-order valence-corrected chi connectivity index (χ1v) is 11.1. The van der Waals surface area contributed by atoms with Crippen molar-refractivity contribution in [3.05, 3.63) is 104 Å². The molecule has 0 radical (unpaired) electrons. The molecule has 2 aromatic carbocycles. The van der Waals surface area contributed by atoms with Crippen molar-refractivity contribution < 1.29 is 9.53 Å². The summed E-state index contributed by atoms with van der Waals surface area (Å²) in [6, 6.07) is 19.7. The van der Waals surface area contributed by atoms with Gasteiger partial charge in [-0.15, -0.1) is 0 Å². The minimum atomic E-state index is -0.657. The predicted molar refractivity (Wildman–Crippen MR) is 134 cm³/mol. The van der Waals surface area contributed by atoms with Crippen molar-refractivity contribution in [1.82, 2.24) is 9.38 Å². The molecule has 0 saturated heterocycles. The van der Waals surface area contributed by atoms with Gasteiger partial charge in [0.25, 0.3) is 11.5 Å². The molecule has 1 N–H and O–H groups in total. The molecular formula is C26H19BrN4O3. The molecular weight excluding hydrogens is 496 g/mol. The van der Waals surface area contributed by atoms with Crippen LogP contribution in [0.4, 0.5) is 5.69 Å². The molecule has 8 heteroatoms. The summed E-state index contributed by atoms with van der Waals surface area (Å²) in [7, 11) is 0. The predicted octanol–water partition coefficient (Wildman–Crippen LogP) is 5.41. The number of pyridine rings is 1. The Hall–Kier alpha value is -4.22. The number of hydrogen-bond acceptors (Lipinski definition) is 5. The van der Waals surface area contributed by atoms with Crippen LogP contribution in [-0.4, -0.2) is 15.3 Å². The van der Waals surface area contributed by atoms with Crippen molar-refractivity contribution in [2.45, 2.75) is 13.8 Å². The number of ether oxygens (including phenoxy) is 1. The standard InChI is InChI=1S/C26H19BrN4O3/c1-16-8-10-21(11-9-16)34-25-22(26(33)31-12-4-5-17(2)23(31)30-25)13-18(15-28)24(32)29-20-7-3-6-19(27)14-20/h3-14H,1-2H3,(H,29,32)/b18-13-. The number of nitriles is 1. The van der Waals surface area contributed by atoms with E-state index in [4.69, 9.17) is 4.74 Å². The Labute approximate surface area is 204 Å². The third kappa shape index (κ3) is 4.90. The van der Waals surface area contributed by atoms with Crippen LogP contribution in [-0.2, 0) is 4.79 Å². The lowest BCUT2D eigenvalue weighted by molar-refractivity contribution is -0.112. The summed E-state index contributed by atoms with van der Waals surface area (Å²) < 4.78 is 8.09. The van der Waals surface area contributed by atoms with E-state index in [-0.39, 0.29) is 17.0 Å². The molecule has 0 spiro atoms. The minimum absolute atomic E-state index is 0.00570. The Morgan fingerprint density at radius 3 is 2.62 bits per heavy atom. The molecule has 0 saturated carbocycles. The van der Waals surface area contributed by atoms with Crippen LogP contribution < -0.4 is 15.6 Å². The van der Waals surface area contributed by atoms with Gasteiger partial charge in [-0.25, -0.2) is 0 Å². The summed E-state index contributed by atoms with van der Waals surface area (Å²) in [6.45, 7) is 3.78. The van der Waals surface area contributed by atoms with E-state index in [1.54, 1.807) is 42.6 Å². The van der Waals surface area contributed by atoms with E-state index in [2.05, 4.69) is 26.2 Å². The van der Waals surface area contributed by atoms with Crippen molar-refractivity contribution in [3.63, 3.8) is 0 Å². The summed E-state index contributed by atoms with van der Waals surface area (Å²) >= 11 is 3.34. The van der Waals surface area contributed by atoms with Crippen LogP contribution in [0.15, 0.2) is 81.7 Å². The van der Waals surface area contributed by atoms with Crippen molar-refractivity contribution >= 4 is 39.2 Å². The topological polar surface area (TPSA) is 96.5 Å². The van der Waals surface area contributed by atoms with Gasteiger partial charge >= 0.3 is 0 Å². The van der Waals surface area contributed by atoms with Gasteiger partial charge in [0.15, 0.2) is 0 Å². The maximum atomic E-state index is 13.4. The zero-order chi connectivity index (χ0) is 24.2. The zero-order valence-electron chi connectivity index (χ0n) is 18.4. The number of halogens is 1. The highest BCUT2D eigenvalue weighted by Gasteiger charge is 2.18. The molecule has 0 atom stereocenters. The van der Waals surface area contributed by atoms with Crippen molar-refractivity contribution in [2.75, 3.05) is 5.32 Å². The van der Waals surface area contributed by atoms with Gasteiger partial charge in [-0.1, -0.05) is 45.8 Å². The number of aryl methyl sites for hydroxylation is 2. The third-order valence-corrected chi connectivity index (χ3v) is 5.51. The first-order valence-electron chi connectivity index (χ1n) is 10.3. The Morgan fingerprint density at radius 2 is 1.91 bits per heavy atom. The second-order valence-corrected chi connectivity index (χ2v) is 8.49. The number of carbonyl (C=O) groups excluding carboxylic acids is 1. The highest BCUT2D eigenvalue weighted by Crippen LogP contribution is 2.25. The molecule has 0 unspecified atom stereocenters. The van der Waals surface area contributed by atoms with Crippen molar-refractivity contribution in [1.29, 1.82) is 5.26 Å². The number of anilines is 1. The number of amides is 1. The van der Waals surface area contributed by atoms with Gasteiger partial charge in [-0.05, 0) is 61.9 Å². The van der Waals surface area contributed by atoms with E-state index in [0.717, 1.165) is 15.6 Å². The molecule has 0 aliphatic carbocycles. The smallest absolute Gasteiger partial charge is 0.269 e. The molecule has 0 fully saturated rings. The van der Waals surface area contributed by atoms with Gasteiger partial charge in [0.2, 0.25) is 5.88 Å². The SMILES string of the molecule is Cc1ccc(Oc2nc3c(C)cccn3c(=O)c2/C=C(/C#N)C(=O)Nc2cccc(Br)c2)cc1. The Balaban J connectivity index is 1.83. The van der Waals surface area contributed by atoms with Gasteiger partial charge in [-0.2, -0.15) is 10.2 Å². The average Bonchev–Trinajstić information content (AvgIpc) is 2.81. The van der Waals surface area contributed by atoms with Crippen LogP contribution >= 0.6 is 15.9 Å². The van der Waals surface area contributed by atoms with E-state index in [0.29, 0.717) is 17.1 Å². The number of rotatable bonds is 5. The molecule has 2 heterocycles. The van der Waals surface area contributed by atoms with Gasteiger partial charge in [0.05, 0.1) is 0 Å². The molecule has 34 heavy (non-hydrogen) atoms. The fraction of sp³-hybridized carbons (Fsp3) is 0.0769. The zero-order valence-corrected chi connectivity index (χ0v) is 20.0. The van der Waals surface area contributed by atoms with E-state index in [9.17, 15) is 14.9 Å². The van der Waals surface area contributed by atoms with E-state index < -0.39 is 11.5 Å². The van der Waals surface area contributed by atoms with E-state index in [1.165, 1.54) is 10.5 Å². The highest BCUT2D eigenvalue weighted by atomic mass is 79.9. The molecule has 7 nitrogen and oxygen atoms in total. The summed E-state index contributed by atoms with van der Waals surface area (Å²) in [5.74, 6) is -0.177. The number of aromatic nitrogens is 2. The summed E-state index contributed by atoms with van der Waals surface area (Å²) in [4.78, 5) is 30.7. The van der Waals surface area contributed by atoms with Gasteiger partial charge in [0, 0.05) is 16.4 Å². The second kappa shape index (κ2) is 9.73. The van der Waals surface area contributed by atoms with Crippen LogP contribution in [0, 0.1) is 25.2 Å². The summed E-state index contributed by atoms with van der Waals surface area (Å²) in [5.41, 5.74) is 2.01. The first kappa shape index (κ1) is 23.0. The number of benzene rings is 2. The average molecular weight is 515 g/mol. The van der Waals surface area contributed by atoms with Crippen LogP contribution in [0.25, 0.3) is 11.7 Å². The molecule has 0 aliphatic rings. The molecule has 4 rings (SSSR count). The molecule has 168 valence electrons. The van der Waals surface area contributed by atoms with Crippen LogP contribution in [0.2, 0.25) is 0 Å². The molecule has 4 aromatic rings. The Morgan fingerprint density at radius 1 is 1.15 bits per heavy atom. The monoisotopic (exact) mass is 514 g/mol. The van der Waals surface area contributed by atoms with Crippen molar-refractivity contribution in [3.8, 4) is 17.7 Å². The summed E-state index contributed by atoms with van der Waals surface area (Å²) in [5, 5.41) is 12.4. The quantitative estimate of drug-likeness (QED) is 0.283. The number of hydrogen-bond donors (Lipinski definition) is 1. The van der Waals surface area contributed by atoms with E-state index >= 15 is 0 Å². The third-order valence-electron chi connectivity index (χ3n) is 5.02. The Kier molecular flexibility index (Phi) is 6.57. The Bertz CT molecular complexity index is 1530. The maximum Gasteiger partial charge on any atom is 0.269 e. The molecule has 0 aliphatic heterocycles. The van der Waals surface area contributed by atoms with Crippen molar-refractivity contribution in [2.24, 2.45) is 0 Å². The van der Waals surface area contributed by atoms with Crippen LogP contribution in [0.5, 0.6) is 11.6 Å². The van der Waals surface area contributed by atoms with Gasteiger partial charge < -0.3 is 10.1 Å². The van der Waals surface area contributed by atoms with Gasteiger partial charge in [-0.3, -0.25) is 14.0 Å². The number of nitrogens with one attached hydrogen (secondary N) is 1. The molecule has 2 aromatic heterocycles. The lowest BCUT2D eigenvalue weighted by Crippen LogP contribution is -2.20. The fourth-order valence-corrected chi connectivity index (χ4v) is 3.67. The number of fused-ring (bicyclic) bond motifs is 1. The molecule has 0 bridgehead atoms. The summed E-state index contributed by atoms with van der Waals surface area (Å²) in [6.07, 6.45) is 2.79. The fourth-order valence-electron chi connectivity index (χ4n) is 3.27. The minimum Gasteiger partial charge on any atom is -0.438 e. The largest absolute Gasteiger partial charge is 0.438 e. The first-order chi connectivity index (χ1) is 16.4. The maximum absolute atomic E-state index is 13.4. The van der Waals surface area contributed by atoms with E-state index in [1.807, 2.05) is 44.2 Å². The lowest BCUT2D eigenvalue weighted by atomic mass is 10.1. The molecule has 1 amide bonds. The van der Waals surface area contributed by atoms with Gasteiger partial charge in [0.1, 0.15) is 28.6 Å². The highest BCUT2D eigenvalue weighted by molar-refractivity contribution is 9.10. The second-order valence-electron chi connectivity index (χ2n) is 7.57. The normalized spacial score (nSPS) is 11.2. The number of carbonyl (C=O) groups is 1. The lowest BCUT2D eigenvalue weighted by Gasteiger charge is -2.12. The van der Waals surface area contributed by atoms with Crippen LogP contribution in [0.3, 0.4) is 0 Å². The number of nitrogens with zero attached hydrogens (tertiary/aromatic N) is 3.